The van der Waals surface area contributed by atoms with Crippen molar-refractivity contribution in [2.75, 3.05) is 12.9 Å². The van der Waals surface area contributed by atoms with Gasteiger partial charge in [0.1, 0.15) is 18.1 Å². The number of benzene rings is 2. The molecule has 28 heavy (non-hydrogen) atoms. The first-order valence-corrected chi connectivity index (χ1v) is 10.1. The van der Waals surface area contributed by atoms with Crippen LogP contribution in [0.3, 0.4) is 0 Å². The van der Waals surface area contributed by atoms with Crippen molar-refractivity contribution in [1.82, 2.24) is 14.8 Å². The molecule has 0 aliphatic rings. The minimum absolute atomic E-state index is 0.0253. The van der Waals surface area contributed by atoms with Gasteiger partial charge in [-0.05, 0) is 55.5 Å². The SMILES string of the molecule is CCn1c(COc2ccc(Cl)cc2)nnc1SCC(=O)c1ccc(OC)cc1. The number of Topliss-reactive ketones (excluding diaryl/α,β-unsaturated/α-hetero) is 1. The molecular weight excluding hydrogens is 398 g/mol. The van der Waals surface area contributed by atoms with Gasteiger partial charge in [0.25, 0.3) is 0 Å². The van der Waals surface area contributed by atoms with Gasteiger partial charge in [-0.15, -0.1) is 10.2 Å². The smallest absolute Gasteiger partial charge is 0.191 e. The topological polar surface area (TPSA) is 66.2 Å². The number of aromatic nitrogens is 3. The van der Waals surface area contributed by atoms with E-state index in [1.54, 1.807) is 55.6 Å². The summed E-state index contributed by atoms with van der Waals surface area (Å²) in [5, 5.41) is 9.77. The van der Waals surface area contributed by atoms with Crippen LogP contribution >= 0.6 is 23.4 Å². The van der Waals surface area contributed by atoms with Crippen molar-refractivity contribution in [3.8, 4) is 11.5 Å². The van der Waals surface area contributed by atoms with Crippen molar-refractivity contribution in [3.63, 3.8) is 0 Å². The van der Waals surface area contributed by atoms with Crippen LogP contribution in [0.4, 0.5) is 0 Å². The fourth-order valence-corrected chi connectivity index (χ4v) is 3.56. The number of carbonyl (C=O) groups is 1. The zero-order valence-electron chi connectivity index (χ0n) is 15.6. The van der Waals surface area contributed by atoms with Gasteiger partial charge in [-0.3, -0.25) is 4.79 Å². The van der Waals surface area contributed by atoms with Crippen molar-refractivity contribution in [2.45, 2.75) is 25.2 Å². The summed E-state index contributed by atoms with van der Waals surface area (Å²) in [7, 11) is 1.60. The van der Waals surface area contributed by atoms with E-state index >= 15 is 0 Å². The molecule has 0 aliphatic heterocycles. The van der Waals surface area contributed by atoms with Crippen LogP contribution in [0.1, 0.15) is 23.1 Å². The third kappa shape index (κ3) is 5.05. The summed E-state index contributed by atoms with van der Waals surface area (Å²) in [6, 6.07) is 14.2. The highest BCUT2D eigenvalue weighted by atomic mass is 35.5. The van der Waals surface area contributed by atoms with E-state index < -0.39 is 0 Å². The summed E-state index contributed by atoms with van der Waals surface area (Å²) in [6.45, 7) is 2.98. The summed E-state index contributed by atoms with van der Waals surface area (Å²) in [5.74, 6) is 2.44. The Hall–Kier alpha value is -2.51. The number of ketones is 1. The summed E-state index contributed by atoms with van der Waals surface area (Å²) in [5.41, 5.74) is 0.641. The molecule has 146 valence electrons. The Kier molecular flexibility index (Phi) is 6.95. The second kappa shape index (κ2) is 9.61. The van der Waals surface area contributed by atoms with Crippen LogP contribution in [0.15, 0.2) is 53.7 Å². The maximum Gasteiger partial charge on any atom is 0.191 e. The van der Waals surface area contributed by atoms with Gasteiger partial charge in [-0.1, -0.05) is 23.4 Å². The predicted molar refractivity (Wildman–Crippen MR) is 110 cm³/mol. The van der Waals surface area contributed by atoms with Gasteiger partial charge in [0.05, 0.1) is 12.9 Å². The molecule has 6 nitrogen and oxygen atoms in total. The van der Waals surface area contributed by atoms with E-state index in [4.69, 9.17) is 21.1 Å². The third-order valence-electron chi connectivity index (χ3n) is 4.04. The molecule has 3 aromatic rings. The standard InChI is InChI=1S/C20H20ClN3O3S/c1-3-24-19(12-27-17-10-6-15(21)7-11-17)22-23-20(24)28-13-18(25)14-4-8-16(26-2)9-5-14/h4-11H,3,12-13H2,1-2H3. The molecule has 3 rings (SSSR count). The quantitative estimate of drug-likeness (QED) is 0.377. The third-order valence-corrected chi connectivity index (χ3v) is 5.25. The Morgan fingerprint density at radius 3 is 2.39 bits per heavy atom. The lowest BCUT2D eigenvalue weighted by Gasteiger charge is -2.09. The molecule has 0 saturated carbocycles. The first-order valence-electron chi connectivity index (χ1n) is 8.71. The zero-order chi connectivity index (χ0) is 19.9. The highest BCUT2D eigenvalue weighted by Crippen LogP contribution is 2.21. The van der Waals surface area contributed by atoms with Gasteiger partial charge in [0.2, 0.25) is 0 Å². The molecule has 0 unspecified atom stereocenters. The molecule has 0 saturated heterocycles. The summed E-state index contributed by atoms with van der Waals surface area (Å²) in [6.07, 6.45) is 0. The van der Waals surface area contributed by atoms with E-state index in [0.29, 0.717) is 33.9 Å². The zero-order valence-corrected chi connectivity index (χ0v) is 17.2. The largest absolute Gasteiger partial charge is 0.497 e. The maximum atomic E-state index is 12.4. The number of thioether (sulfide) groups is 1. The second-order valence-electron chi connectivity index (χ2n) is 5.83. The Morgan fingerprint density at radius 1 is 1.07 bits per heavy atom. The predicted octanol–water partition coefficient (Wildman–Crippen LogP) is 4.51. The average Bonchev–Trinajstić information content (AvgIpc) is 3.13. The van der Waals surface area contributed by atoms with E-state index in [9.17, 15) is 4.79 Å². The summed E-state index contributed by atoms with van der Waals surface area (Å²) >= 11 is 7.25. The number of halogens is 1. The Morgan fingerprint density at radius 2 is 1.75 bits per heavy atom. The van der Waals surface area contributed by atoms with Gasteiger partial charge in [0, 0.05) is 17.1 Å². The number of hydrogen-bond acceptors (Lipinski definition) is 6. The van der Waals surface area contributed by atoms with Crippen LogP contribution in [0.25, 0.3) is 0 Å². The second-order valence-corrected chi connectivity index (χ2v) is 7.20. The fraction of sp³-hybridized carbons (Fsp3) is 0.250. The number of nitrogens with zero attached hydrogens (tertiary/aromatic N) is 3. The van der Waals surface area contributed by atoms with E-state index in [1.807, 2.05) is 11.5 Å². The molecule has 0 fully saturated rings. The van der Waals surface area contributed by atoms with Crippen molar-refractivity contribution in [2.24, 2.45) is 0 Å². The fourth-order valence-electron chi connectivity index (χ4n) is 2.52. The lowest BCUT2D eigenvalue weighted by molar-refractivity contribution is 0.102. The molecule has 0 atom stereocenters. The molecule has 8 heteroatoms. The molecule has 0 radical (unpaired) electrons. The van der Waals surface area contributed by atoms with Crippen molar-refractivity contribution in [1.29, 1.82) is 0 Å². The minimum Gasteiger partial charge on any atom is -0.497 e. The Balaban J connectivity index is 1.61. The molecule has 0 amide bonds. The minimum atomic E-state index is 0.0253. The highest BCUT2D eigenvalue weighted by molar-refractivity contribution is 7.99. The molecule has 0 spiro atoms. The van der Waals surface area contributed by atoms with Gasteiger partial charge in [-0.25, -0.2) is 0 Å². The average molecular weight is 418 g/mol. The number of carbonyl (C=O) groups excluding carboxylic acids is 1. The van der Waals surface area contributed by atoms with Gasteiger partial charge in [-0.2, -0.15) is 0 Å². The van der Waals surface area contributed by atoms with E-state index in [0.717, 1.165) is 5.75 Å². The van der Waals surface area contributed by atoms with E-state index in [-0.39, 0.29) is 18.1 Å². The van der Waals surface area contributed by atoms with Gasteiger partial charge >= 0.3 is 0 Å². The molecule has 0 bridgehead atoms. The summed E-state index contributed by atoms with van der Waals surface area (Å²) < 4.78 is 12.8. The van der Waals surface area contributed by atoms with Crippen LogP contribution in [-0.4, -0.2) is 33.4 Å². The molecular formula is C20H20ClN3O3S. The number of hydrogen-bond donors (Lipinski definition) is 0. The van der Waals surface area contributed by atoms with Crippen LogP contribution < -0.4 is 9.47 Å². The number of ether oxygens (including phenoxy) is 2. The van der Waals surface area contributed by atoms with Crippen molar-refractivity contribution >= 4 is 29.1 Å². The lowest BCUT2D eigenvalue weighted by Crippen LogP contribution is -2.08. The number of rotatable bonds is 9. The first-order chi connectivity index (χ1) is 13.6. The van der Waals surface area contributed by atoms with E-state index in [1.165, 1.54) is 11.8 Å². The van der Waals surface area contributed by atoms with Crippen molar-refractivity contribution in [3.05, 3.63) is 64.9 Å². The van der Waals surface area contributed by atoms with Crippen LogP contribution in [0, 0.1) is 0 Å². The molecule has 0 aliphatic carbocycles. The van der Waals surface area contributed by atoms with Crippen LogP contribution in [0.5, 0.6) is 11.5 Å². The van der Waals surface area contributed by atoms with Crippen LogP contribution in [0.2, 0.25) is 5.02 Å². The van der Waals surface area contributed by atoms with Gasteiger partial charge in [0.15, 0.2) is 16.8 Å². The van der Waals surface area contributed by atoms with E-state index in [2.05, 4.69) is 10.2 Å². The van der Waals surface area contributed by atoms with Crippen molar-refractivity contribution < 1.29 is 14.3 Å². The molecule has 0 N–H and O–H groups in total. The highest BCUT2D eigenvalue weighted by Gasteiger charge is 2.14. The van der Waals surface area contributed by atoms with Gasteiger partial charge < -0.3 is 14.0 Å². The molecule has 1 heterocycles. The number of methoxy groups -OCH3 is 1. The monoisotopic (exact) mass is 417 g/mol. The lowest BCUT2D eigenvalue weighted by atomic mass is 10.1. The Bertz CT molecular complexity index is 927. The normalized spacial score (nSPS) is 10.7. The Labute approximate surface area is 172 Å². The molecule has 2 aromatic carbocycles. The first kappa shape index (κ1) is 20.2. The summed E-state index contributed by atoms with van der Waals surface area (Å²) in [4.78, 5) is 12.4. The molecule has 1 aromatic heterocycles. The van der Waals surface area contributed by atoms with Crippen LogP contribution in [-0.2, 0) is 13.2 Å². The maximum absolute atomic E-state index is 12.4.